The number of hydrogen-bond donors (Lipinski definition) is 0. The van der Waals surface area contributed by atoms with Crippen LogP contribution in [0.2, 0.25) is 0 Å². The van der Waals surface area contributed by atoms with Gasteiger partial charge in [0.25, 0.3) is 0 Å². The van der Waals surface area contributed by atoms with Gasteiger partial charge in [0.05, 0.1) is 22.6 Å². The molecule has 0 N–H and O–H groups in total. The number of rotatable bonds is 7. The summed E-state index contributed by atoms with van der Waals surface area (Å²) in [4.78, 5) is 42.2. The predicted octanol–water partition coefficient (Wildman–Crippen LogP) is 5.98. The van der Waals surface area contributed by atoms with Crippen LogP contribution in [0.15, 0.2) is 42.0 Å². The molecule has 1 aliphatic heterocycles. The van der Waals surface area contributed by atoms with E-state index in [4.69, 9.17) is 0 Å². The molecule has 11 heteroatoms. The van der Waals surface area contributed by atoms with Crippen LogP contribution in [0.1, 0.15) is 48.2 Å². The Balaban J connectivity index is 0.00000241. The van der Waals surface area contributed by atoms with Crippen molar-refractivity contribution in [1.29, 1.82) is 0 Å². The van der Waals surface area contributed by atoms with Crippen molar-refractivity contribution >= 4 is 71.7 Å². The molecular weight excluding hydrogens is 565 g/mol. The molecule has 0 fully saturated rings. The second-order valence-corrected chi connectivity index (χ2v) is 10.6. The van der Waals surface area contributed by atoms with E-state index < -0.39 is 5.41 Å². The molecule has 208 valence electrons. The topological polar surface area (TPSA) is 69.6 Å². The zero-order chi connectivity index (χ0) is 25.3. The molecule has 38 heavy (non-hydrogen) atoms. The highest BCUT2D eigenvalue weighted by molar-refractivity contribution is 7.09. The van der Waals surface area contributed by atoms with Gasteiger partial charge in [-0.3, -0.25) is 19.5 Å². The van der Waals surface area contributed by atoms with Crippen LogP contribution in [0.5, 0.6) is 0 Å². The quantitative estimate of drug-likeness (QED) is 0.312. The Bertz CT molecular complexity index is 1270. The van der Waals surface area contributed by atoms with Crippen LogP contribution in [0, 0.1) is 19.3 Å². The standard InChI is InChI=1S/C27H33N5O2S.3ClH/c1-7-32-22-11-10-20(13-23(22)30(6)25(33)27(4,5)26(32)34)14-31(16-24-19(3)29-17-35-24)15-21-9-8-12-28-18(21)2;;;/h8-13,17H,7,14-16H2,1-6H3;3*1H. The van der Waals surface area contributed by atoms with Gasteiger partial charge in [0.1, 0.15) is 5.41 Å². The number of carbonyl (C=O) groups excluding carboxylic acids is 2. The number of amides is 2. The second kappa shape index (κ2) is 13.7. The summed E-state index contributed by atoms with van der Waals surface area (Å²) < 4.78 is 0. The molecule has 4 rings (SSSR count). The maximum Gasteiger partial charge on any atom is 0.242 e. The Kier molecular flexibility index (Phi) is 12.2. The number of pyridine rings is 1. The predicted molar refractivity (Wildman–Crippen MR) is 162 cm³/mol. The number of fused-ring (bicyclic) bond motifs is 1. The lowest BCUT2D eigenvalue weighted by atomic mass is 9.90. The Morgan fingerprint density at radius 1 is 0.921 bits per heavy atom. The molecule has 0 aliphatic carbocycles. The van der Waals surface area contributed by atoms with Gasteiger partial charge in [0.2, 0.25) is 11.8 Å². The highest BCUT2D eigenvalue weighted by Crippen LogP contribution is 2.39. The average Bonchev–Trinajstić information content (AvgIpc) is 3.22. The second-order valence-electron chi connectivity index (χ2n) is 9.62. The van der Waals surface area contributed by atoms with Gasteiger partial charge in [-0.05, 0) is 63.9 Å². The highest BCUT2D eigenvalue weighted by atomic mass is 35.5. The minimum Gasteiger partial charge on any atom is -0.313 e. The van der Waals surface area contributed by atoms with Gasteiger partial charge in [0, 0.05) is 50.0 Å². The summed E-state index contributed by atoms with van der Waals surface area (Å²) in [6.45, 7) is 12.1. The Morgan fingerprint density at radius 2 is 1.63 bits per heavy atom. The highest BCUT2D eigenvalue weighted by Gasteiger charge is 2.45. The van der Waals surface area contributed by atoms with Gasteiger partial charge < -0.3 is 9.80 Å². The minimum atomic E-state index is -1.11. The van der Waals surface area contributed by atoms with Crippen LogP contribution in [0.25, 0.3) is 0 Å². The van der Waals surface area contributed by atoms with E-state index in [1.807, 2.05) is 50.7 Å². The number of halogens is 3. The van der Waals surface area contributed by atoms with Crippen LogP contribution in [-0.2, 0) is 29.2 Å². The molecular formula is C27H36Cl3N5O2S. The van der Waals surface area contributed by atoms with E-state index in [1.165, 1.54) is 10.4 Å². The van der Waals surface area contributed by atoms with Crippen molar-refractivity contribution in [3.05, 3.63) is 69.4 Å². The molecule has 0 spiro atoms. The largest absolute Gasteiger partial charge is 0.313 e. The lowest BCUT2D eigenvalue weighted by Crippen LogP contribution is -2.47. The van der Waals surface area contributed by atoms with E-state index in [9.17, 15) is 9.59 Å². The molecule has 0 bridgehead atoms. The Hall–Kier alpha value is -2.23. The molecule has 1 aromatic carbocycles. The molecule has 0 saturated heterocycles. The van der Waals surface area contributed by atoms with Crippen molar-refractivity contribution in [2.45, 2.75) is 54.3 Å². The van der Waals surface area contributed by atoms with Gasteiger partial charge in [-0.25, -0.2) is 4.98 Å². The summed E-state index contributed by atoms with van der Waals surface area (Å²) >= 11 is 1.67. The summed E-state index contributed by atoms with van der Waals surface area (Å²) in [5, 5.41) is 0. The van der Waals surface area contributed by atoms with Gasteiger partial charge in [-0.1, -0.05) is 12.1 Å². The van der Waals surface area contributed by atoms with Crippen LogP contribution in [0.4, 0.5) is 11.4 Å². The van der Waals surface area contributed by atoms with E-state index in [0.717, 1.165) is 41.4 Å². The third-order valence-electron chi connectivity index (χ3n) is 6.76. The third-order valence-corrected chi connectivity index (χ3v) is 7.68. The molecule has 0 atom stereocenters. The van der Waals surface area contributed by atoms with E-state index in [0.29, 0.717) is 13.1 Å². The first kappa shape index (κ1) is 33.8. The number of aryl methyl sites for hydroxylation is 2. The van der Waals surface area contributed by atoms with E-state index in [1.54, 1.807) is 42.0 Å². The molecule has 7 nitrogen and oxygen atoms in total. The number of carbonyl (C=O) groups is 2. The smallest absolute Gasteiger partial charge is 0.242 e. The SMILES string of the molecule is CCN1C(=O)C(C)(C)C(=O)N(C)c2cc(CN(Cc3cccnc3C)Cc3scnc3C)ccc21.Cl.Cl.Cl. The summed E-state index contributed by atoms with van der Waals surface area (Å²) in [6.07, 6.45) is 1.82. The van der Waals surface area contributed by atoms with E-state index >= 15 is 0 Å². The maximum absolute atomic E-state index is 13.2. The third kappa shape index (κ3) is 6.66. The average molecular weight is 601 g/mol. The maximum atomic E-state index is 13.2. The number of anilines is 2. The van der Waals surface area contributed by atoms with Gasteiger partial charge >= 0.3 is 0 Å². The van der Waals surface area contributed by atoms with Crippen molar-refractivity contribution in [3.8, 4) is 0 Å². The van der Waals surface area contributed by atoms with Crippen molar-refractivity contribution in [2.75, 3.05) is 23.4 Å². The summed E-state index contributed by atoms with van der Waals surface area (Å²) in [7, 11) is 1.76. The molecule has 0 radical (unpaired) electrons. The fourth-order valence-corrected chi connectivity index (χ4v) is 5.40. The fraction of sp³-hybridized carbons (Fsp3) is 0.407. The Morgan fingerprint density at radius 3 is 2.24 bits per heavy atom. The van der Waals surface area contributed by atoms with Crippen LogP contribution in [-0.4, -0.2) is 40.3 Å². The zero-order valence-electron chi connectivity index (χ0n) is 22.6. The lowest BCUT2D eigenvalue weighted by Gasteiger charge is -2.27. The summed E-state index contributed by atoms with van der Waals surface area (Å²) in [5.41, 5.74) is 6.64. The molecule has 0 unspecified atom stereocenters. The number of benzene rings is 1. The molecule has 3 heterocycles. The minimum absolute atomic E-state index is 0. The first-order valence-electron chi connectivity index (χ1n) is 11.9. The van der Waals surface area contributed by atoms with Gasteiger partial charge in [0.15, 0.2) is 0 Å². The zero-order valence-corrected chi connectivity index (χ0v) is 25.8. The van der Waals surface area contributed by atoms with Crippen molar-refractivity contribution < 1.29 is 9.59 Å². The van der Waals surface area contributed by atoms with Crippen LogP contribution in [0.3, 0.4) is 0 Å². The van der Waals surface area contributed by atoms with Crippen LogP contribution >= 0.6 is 48.6 Å². The number of nitrogens with zero attached hydrogens (tertiary/aromatic N) is 5. The number of thiazole rings is 1. The summed E-state index contributed by atoms with van der Waals surface area (Å²) in [5.74, 6) is -0.363. The summed E-state index contributed by atoms with van der Waals surface area (Å²) in [6, 6.07) is 10.2. The molecule has 3 aromatic rings. The first-order chi connectivity index (χ1) is 16.6. The molecule has 2 amide bonds. The van der Waals surface area contributed by atoms with E-state index in [-0.39, 0.29) is 49.0 Å². The van der Waals surface area contributed by atoms with Crippen molar-refractivity contribution in [3.63, 3.8) is 0 Å². The fourth-order valence-electron chi connectivity index (χ4n) is 4.58. The normalized spacial score (nSPS) is 14.3. The molecule has 2 aromatic heterocycles. The molecule has 1 aliphatic rings. The van der Waals surface area contributed by atoms with E-state index in [2.05, 4.69) is 27.0 Å². The molecule has 0 saturated carbocycles. The van der Waals surface area contributed by atoms with Crippen LogP contribution < -0.4 is 9.80 Å². The monoisotopic (exact) mass is 599 g/mol. The van der Waals surface area contributed by atoms with Crippen molar-refractivity contribution in [2.24, 2.45) is 5.41 Å². The number of aromatic nitrogens is 2. The first-order valence-corrected chi connectivity index (χ1v) is 12.8. The van der Waals surface area contributed by atoms with Gasteiger partial charge in [-0.15, -0.1) is 48.6 Å². The van der Waals surface area contributed by atoms with Crippen molar-refractivity contribution in [1.82, 2.24) is 14.9 Å². The Labute approximate surface area is 247 Å². The number of hydrogen-bond acceptors (Lipinski definition) is 6. The van der Waals surface area contributed by atoms with Gasteiger partial charge in [-0.2, -0.15) is 0 Å². The lowest BCUT2D eigenvalue weighted by molar-refractivity contribution is -0.137.